The summed E-state index contributed by atoms with van der Waals surface area (Å²) in [6.45, 7) is 5.57. The van der Waals surface area contributed by atoms with Crippen LogP contribution in [0.25, 0.3) is 0 Å². The van der Waals surface area contributed by atoms with Crippen LogP contribution in [0.4, 0.5) is 10.1 Å². The molecule has 5 nitrogen and oxygen atoms in total. The van der Waals surface area contributed by atoms with Gasteiger partial charge in [-0.3, -0.25) is 4.90 Å². The van der Waals surface area contributed by atoms with Crippen molar-refractivity contribution in [2.75, 3.05) is 45.2 Å². The topological polar surface area (TPSA) is 64.8 Å². The summed E-state index contributed by atoms with van der Waals surface area (Å²) in [7, 11) is 0. The number of nitrogen functional groups attached to an aromatic ring is 1. The second-order valence-corrected chi connectivity index (χ2v) is 4.76. The number of esters is 1. The van der Waals surface area contributed by atoms with Crippen LogP contribution in [-0.4, -0.2) is 50.3 Å². The van der Waals surface area contributed by atoms with Crippen molar-refractivity contribution >= 4 is 11.7 Å². The monoisotopic (exact) mass is 282 g/mol. The Labute approximate surface area is 117 Å². The number of rotatable bonds is 4. The van der Waals surface area contributed by atoms with E-state index in [1.165, 1.54) is 6.07 Å². The fourth-order valence-corrected chi connectivity index (χ4v) is 1.99. The number of benzene rings is 1. The van der Waals surface area contributed by atoms with Crippen molar-refractivity contribution in [1.29, 1.82) is 0 Å². The number of carbonyl (C=O) groups excluding carboxylic acids is 1. The molecule has 0 bridgehead atoms. The highest BCUT2D eigenvalue weighted by Crippen LogP contribution is 2.18. The van der Waals surface area contributed by atoms with Gasteiger partial charge in [-0.1, -0.05) is 0 Å². The van der Waals surface area contributed by atoms with Gasteiger partial charge in [-0.25, -0.2) is 9.18 Å². The van der Waals surface area contributed by atoms with Crippen molar-refractivity contribution in [3.8, 4) is 0 Å². The Morgan fingerprint density at radius 1 is 1.45 bits per heavy atom. The molecule has 0 aliphatic carbocycles. The maximum absolute atomic E-state index is 13.5. The van der Waals surface area contributed by atoms with E-state index in [2.05, 4.69) is 4.90 Å². The van der Waals surface area contributed by atoms with Crippen LogP contribution >= 0.6 is 0 Å². The Kier molecular flexibility index (Phi) is 4.92. The first-order valence-corrected chi connectivity index (χ1v) is 6.61. The molecule has 0 radical (unpaired) electrons. The van der Waals surface area contributed by atoms with Crippen LogP contribution in [0.3, 0.4) is 0 Å². The summed E-state index contributed by atoms with van der Waals surface area (Å²) >= 11 is 0. The molecule has 2 N–H and O–H groups in total. The molecule has 20 heavy (non-hydrogen) atoms. The maximum atomic E-state index is 13.5. The van der Waals surface area contributed by atoms with Crippen molar-refractivity contribution in [2.45, 2.75) is 6.92 Å². The van der Waals surface area contributed by atoms with Gasteiger partial charge in [0.05, 0.1) is 18.8 Å². The average molecular weight is 282 g/mol. The molecule has 0 amide bonds. The van der Waals surface area contributed by atoms with Crippen LogP contribution in [0.15, 0.2) is 12.1 Å². The Bertz CT molecular complexity index is 464. The first-order chi connectivity index (χ1) is 9.58. The quantitative estimate of drug-likeness (QED) is 0.664. The fraction of sp³-hybridized carbons (Fsp3) is 0.500. The fourth-order valence-electron chi connectivity index (χ4n) is 1.99. The van der Waals surface area contributed by atoms with Crippen LogP contribution in [0.5, 0.6) is 0 Å². The van der Waals surface area contributed by atoms with E-state index in [1.54, 1.807) is 6.92 Å². The minimum absolute atomic E-state index is 0.146. The molecule has 1 aliphatic rings. The lowest BCUT2D eigenvalue weighted by Gasteiger charge is -2.26. The van der Waals surface area contributed by atoms with Crippen LogP contribution < -0.4 is 5.73 Å². The molecule has 2 rings (SSSR count). The van der Waals surface area contributed by atoms with Crippen molar-refractivity contribution in [1.82, 2.24) is 4.90 Å². The number of halogens is 1. The molecule has 1 aliphatic heterocycles. The second kappa shape index (κ2) is 6.67. The Morgan fingerprint density at radius 2 is 2.15 bits per heavy atom. The molecule has 0 spiro atoms. The van der Waals surface area contributed by atoms with Gasteiger partial charge in [0, 0.05) is 30.9 Å². The molecule has 0 unspecified atom stereocenters. The van der Waals surface area contributed by atoms with Crippen molar-refractivity contribution in [3.63, 3.8) is 0 Å². The second-order valence-electron chi connectivity index (χ2n) is 4.76. The number of anilines is 1. The van der Waals surface area contributed by atoms with Crippen molar-refractivity contribution < 1.29 is 18.7 Å². The van der Waals surface area contributed by atoms with Crippen LogP contribution in [-0.2, 0) is 9.47 Å². The molecule has 1 aromatic carbocycles. The normalized spacial score (nSPS) is 16.1. The van der Waals surface area contributed by atoms with Gasteiger partial charge in [-0.15, -0.1) is 0 Å². The standard InChI is InChI=1S/C14H19FN2O3/c1-10-12(15)8-11(9-13(10)16)14(18)20-7-4-17-2-5-19-6-3-17/h8-9H,2-7,16H2,1H3. The molecule has 0 saturated carbocycles. The van der Waals surface area contributed by atoms with Gasteiger partial charge in [-0.2, -0.15) is 0 Å². The molecule has 0 aromatic heterocycles. The smallest absolute Gasteiger partial charge is 0.338 e. The molecule has 6 heteroatoms. The first-order valence-electron chi connectivity index (χ1n) is 6.61. The van der Waals surface area contributed by atoms with Crippen molar-refractivity contribution in [2.24, 2.45) is 0 Å². The van der Waals surface area contributed by atoms with E-state index in [1.807, 2.05) is 0 Å². The number of morpholine rings is 1. The third kappa shape index (κ3) is 3.68. The summed E-state index contributed by atoms with van der Waals surface area (Å²) in [6.07, 6.45) is 0. The predicted molar refractivity (Wildman–Crippen MR) is 73.1 cm³/mol. The van der Waals surface area contributed by atoms with Crippen LogP contribution in [0.2, 0.25) is 0 Å². The van der Waals surface area contributed by atoms with Gasteiger partial charge in [0.25, 0.3) is 0 Å². The van der Waals surface area contributed by atoms with Gasteiger partial charge in [0.2, 0.25) is 0 Å². The molecular formula is C14H19FN2O3. The SMILES string of the molecule is Cc1c(N)cc(C(=O)OCCN2CCOCC2)cc1F. The number of hydrogen-bond acceptors (Lipinski definition) is 5. The lowest BCUT2D eigenvalue weighted by Crippen LogP contribution is -2.38. The number of hydrogen-bond donors (Lipinski definition) is 1. The Balaban J connectivity index is 1.85. The highest BCUT2D eigenvalue weighted by molar-refractivity contribution is 5.90. The average Bonchev–Trinajstić information content (AvgIpc) is 2.45. The summed E-state index contributed by atoms with van der Waals surface area (Å²) in [5, 5.41) is 0. The first kappa shape index (κ1) is 14.7. The zero-order valence-corrected chi connectivity index (χ0v) is 11.5. The van der Waals surface area contributed by atoms with Gasteiger partial charge in [0.1, 0.15) is 12.4 Å². The zero-order valence-electron chi connectivity index (χ0n) is 11.5. The molecular weight excluding hydrogens is 263 g/mol. The third-order valence-corrected chi connectivity index (χ3v) is 3.36. The lowest BCUT2D eigenvalue weighted by atomic mass is 10.1. The van der Waals surface area contributed by atoms with E-state index in [0.717, 1.165) is 19.2 Å². The Hall–Kier alpha value is -1.66. The third-order valence-electron chi connectivity index (χ3n) is 3.36. The highest BCUT2D eigenvalue weighted by atomic mass is 19.1. The lowest BCUT2D eigenvalue weighted by molar-refractivity contribution is 0.0195. The molecule has 1 fully saturated rings. The number of ether oxygens (including phenoxy) is 2. The Morgan fingerprint density at radius 3 is 2.80 bits per heavy atom. The van der Waals surface area contributed by atoms with Gasteiger partial charge in [-0.05, 0) is 19.1 Å². The summed E-state index contributed by atoms with van der Waals surface area (Å²) in [5.74, 6) is -1.05. The van der Waals surface area contributed by atoms with E-state index in [0.29, 0.717) is 25.3 Å². The van der Waals surface area contributed by atoms with Gasteiger partial charge in [0.15, 0.2) is 0 Å². The van der Waals surface area contributed by atoms with E-state index >= 15 is 0 Å². The molecule has 1 saturated heterocycles. The largest absolute Gasteiger partial charge is 0.461 e. The van der Waals surface area contributed by atoms with E-state index in [4.69, 9.17) is 15.2 Å². The number of carbonyl (C=O) groups is 1. The molecule has 0 atom stereocenters. The highest BCUT2D eigenvalue weighted by Gasteiger charge is 2.14. The minimum atomic E-state index is -0.552. The number of nitrogens with two attached hydrogens (primary N) is 1. The molecule has 1 heterocycles. The summed E-state index contributed by atoms with van der Waals surface area (Å²) in [6, 6.07) is 2.60. The maximum Gasteiger partial charge on any atom is 0.338 e. The van der Waals surface area contributed by atoms with Crippen molar-refractivity contribution in [3.05, 3.63) is 29.1 Å². The molecule has 110 valence electrons. The molecule has 1 aromatic rings. The summed E-state index contributed by atoms with van der Waals surface area (Å²) in [4.78, 5) is 14.0. The minimum Gasteiger partial charge on any atom is -0.461 e. The van der Waals surface area contributed by atoms with E-state index < -0.39 is 11.8 Å². The van der Waals surface area contributed by atoms with Crippen LogP contribution in [0, 0.1) is 12.7 Å². The van der Waals surface area contributed by atoms with E-state index in [9.17, 15) is 9.18 Å². The van der Waals surface area contributed by atoms with Gasteiger partial charge < -0.3 is 15.2 Å². The zero-order chi connectivity index (χ0) is 14.5. The van der Waals surface area contributed by atoms with E-state index in [-0.39, 0.29) is 17.9 Å². The summed E-state index contributed by atoms with van der Waals surface area (Å²) < 4.78 is 23.9. The van der Waals surface area contributed by atoms with Gasteiger partial charge >= 0.3 is 5.97 Å². The summed E-state index contributed by atoms with van der Waals surface area (Å²) in [5.41, 5.74) is 6.38. The van der Waals surface area contributed by atoms with Crippen LogP contribution in [0.1, 0.15) is 15.9 Å². The predicted octanol–water partition coefficient (Wildman–Crippen LogP) is 1.21. The number of nitrogens with zero attached hydrogens (tertiary/aromatic N) is 1.